The lowest BCUT2D eigenvalue weighted by Crippen LogP contribution is -2.53. The Morgan fingerprint density at radius 2 is 2.12 bits per heavy atom. The third-order valence-electron chi connectivity index (χ3n) is 4.32. The zero-order valence-corrected chi connectivity index (χ0v) is 11.2. The smallest absolute Gasteiger partial charge is 0.229 e. The largest absolute Gasteiger partial charge is 0.377 e. The highest BCUT2D eigenvalue weighted by molar-refractivity contribution is 5.83. The van der Waals surface area contributed by atoms with Crippen molar-refractivity contribution in [1.29, 1.82) is 0 Å². The first kappa shape index (κ1) is 12.8. The molecule has 2 saturated heterocycles. The van der Waals surface area contributed by atoms with Crippen molar-refractivity contribution in [3.8, 4) is 0 Å². The van der Waals surface area contributed by atoms with Crippen LogP contribution in [0.5, 0.6) is 0 Å². The van der Waals surface area contributed by atoms with Gasteiger partial charge in [0.1, 0.15) is 0 Å². The molecule has 2 aliphatic rings. The van der Waals surface area contributed by atoms with Gasteiger partial charge < -0.3 is 15.0 Å². The van der Waals surface area contributed by atoms with Gasteiger partial charge in [-0.05, 0) is 39.7 Å². The molecule has 0 aromatic rings. The van der Waals surface area contributed by atoms with Crippen molar-refractivity contribution in [2.24, 2.45) is 5.41 Å². The Kier molecular flexibility index (Phi) is 3.46. The zero-order chi connectivity index (χ0) is 12.5. The third kappa shape index (κ3) is 2.47. The number of nitrogens with one attached hydrogen (secondary N) is 1. The molecule has 0 saturated carbocycles. The van der Waals surface area contributed by atoms with E-state index in [2.05, 4.69) is 19.2 Å². The zero-order valence-electron chi connectivity index (χ0n) is 11.2. The number of methoxy groups -OCH3 is 1. The van der Waals surface area contributed by atoms with Gasteiger partial charge in [0.15, 0.2) is 0 Å². The Morgan fingerprint density at radius 3 is 2.71 bits per heavy atom. The molecular weight excluding hydrogens is 216 g/mol. The molecule has 2 unspecified atom stereocenters. The van der Waals surface area contributed by atoms with Crippen LogP contribution >= 0.6 is 0 Å². The minimum absolute atomic E-state index is 0.156. The van der Waals surface area contributed by atoms with E-state index in [0.717, 1.165) is 45.4 Å². The van der Waals surface area contributed by atoms with Crippen LogP contribution in [-0.2, 0) is 9.53 Å². The number of hydrogen-bond acceptors (Lipinski definition) is 3. The lowest BCUT2D eigenvalue weighted by atomic mass is 9.86. The Balaban J connectivity index is 2.04. The van der Waals surface area contributed by atoms with Gasteiger partial charge in [0.05, 0.1) is 11.0 Å². The monoisotopic (exact) mass is 240 g/mol. The molecule has 17 heavy (non-hydrogen) atoms. The summed E-state index contributed by atoms with van der Waals surface area (Å²) >= 11 is 0. The fraction of sp³-hybridized carbons (Fsp3) is 0.923. The van der Waals surface area contributed by atoms with E-state index in [1.807, 2.05) is 4.90 Å². The van der Waals surface area contributed by atoms with E-state index in [0.29, 0.717) is 5.91 Å². The summed E-state index contributed by atoms with van der Waals surface area (Å²) in [5, 5.41) is 3.29. The molecule has 2 aliphatic heterocycles. The number of carbonyl (C=O) groups is 1. The number of likely N-dealkylation sites (tertiary alicyclic amines) is 1. The molecule has 4 heteroatoms. The quantitative estimate of drug-likeness (QED) is 0.783. The maximum Gasteiger partial charge on any atom is 0.229 e. The van der Waals surface area contributed by atoms with E-state index in [9.17, 15) is 4.79 Å². The minimum Gasteiger partial charge on any atom is -0.377 e. The average Bonchev–Trinajstić information content (AvgIpc) is 2.76. The number of piperidine rings is 1. The highest BCUT2D eigenvalue weighted by Gasteiger charge is 2.42. The Labute approximate surface area is 104 Å². The summed E-state index contributed by atoms with van der Waals surface area (Å²) in [7, 11) is 1.74. The molecule has 0 aromatic carbocycles. The number of nitrogens with zero attached hydrogens (tertiary/aromatic N) is 1. The number of hydrogen-bond donors (Lipinski definition) is 1. The fourth-order valence-corrected chi connectivity index (χ4v) is 2.93. The Bertz CT molecular complexity index is 300. The van der Waals surface area contributed by atoms with Gasteiger partial charge in [-0.1, -0.05) is 0 Å². The van der Waals surface area contributed by atoms with Crippen LogP contribution in [0.4, 0.5) is 0 Å². The molecule has 0 radical (unpaired) electrons. The fourth-order valence-electron chi connectivity index (χ4n) is 2.93. The number of amides is 1. The van der Waals surface area contributed by atoms with E-state index in [1.165, 1.54) is 0 Å². The van der Waals surface area contributed by atoms with E-state index in [-0.39, 0.29) is 11.0 Å². The van der Waals surface area contributed by atoms with Crippen molar-refractivity contribution in [2.45, 2.75) is 38.7 Å². The lowest BCUT2D eigenvalue weighted by molar-refractivity contribution is -0.148. The SMILES string of the molecule is COC1(C)CCCN(C(=O)C2(C)CCNC2)C1. The van der Waals surface area contributed by atoms with Crippen LogP contribution in [0.15, 0.2) is 0 Å². The second-order valence-electron chi connectivity index (χ2n) is 5.97. The van der Waals surface area contributed by atoms with Crippen molar-refractivity contribution < 1.29 is 9.53 Å². The van der Waals surface area contributed by atoms with Gasteiger partial charge in [-0.15, -0.1) is 0 Å². The van der Waals surface area contributed by atoms with Crippen molar-refractivity contribution in [3.05, 3.63) is 0 Å². The molecule has 98 valence electrons. The van der Waals surface area contributed by atoms with Gasteiger partial charge in [-0.2, -0.15) is 0 Å². The van der Waals surface area contributed by atoms with Crippen LogP contribution in [0.3, 0.4) is 0 Å². The molecule has 2 heterocycles. The standard InChI is InChI=1S/C13H24N2O2/c1-12(6-7-14-9-12)11(16)15-8-4-5-13(2,10-15)17-3/h14H,4-10H2,1-3H3. The van der Waals surface area contributed by atoms with E-state index in [1.54, 1.807) is 7.11 Å². The van der Waals surface area contributed by atoms with Crippen LogP contribution < -0.4 is 5.32 Å². The maximum atomic E-state index is 12.6. The van der Waals surface area contributed by atoms with Gasteiger partial charge in [0.25, 0.3) is 0 Å². The predicted molar refractivity (Wildman–Crippen MR) is 66.8 cm³/mol. The second kappa shape index (κ2) is 4.58. The Morgan fingerprint density at radius 1 is 1.35 bits per heavy atom. The summed E-state index contributed by atoms with van der Waals surface area (Å²) < 4.78 is 5.55. The van der Waals surface area contributed by atoms with Crippen molar-refractivity contribution in [3.63, 3.8) is 0 Å². The molecule has 0 bridgehead atoms. The van der Waals surface area contributed by atoms with Crippen LogP contribution in [0.2, 0.25) is 0 Å². The van der Waals surface area contributed by atoms with Gasteiger partial charge >= 0.3 is 0 Å². The molecule has 2 rings (SSSR count). The first-order chi connectivity index (χ1) is 7.99. The first-order valence-corrected chi connectivity index (χ1v) is 6.54. The summed E-state index contributed by atoms with van der Waals surface area (Å²) in [4.78, 5) is 14.6. The summed E-state index contributed by atoms with van der Waals surface area (Å²) in [6.07, 6.45) is 3.04. The third-order valence-corrected chi connectivity index (χ3v) is 4.32. The molecule has 0 aromatic heterocycles. The normalized spacial score (nSPS) is 38.4. The van der Waals surface area contributed by atoms with Crippen molar-refractivity contribution in [1.82, 2.24) is 10.2 Å². The lowest BCUT2D eigenvalue weighted by Gasteiger charge is -2.42. The predicted octanol–water partition coefficient (Wildman–Crippen LogP) is 1.01. The molecule has 1 N–H and O–H groups in total. The molecule has 2 atom stereocenters. The van der Waals surface area contributed by atoms with Crippen molar-refractivity contribution >= 4 is 5.91 Å². The van der Waals surface area contributed by atoms with E-state index in [4.69, 9.17) is 4.74 Å². The highest BCUT2D eigenvalue weighted by Crippen LogP contribution is 2.31. The topological polar surface area (TPSA) is 41.6 Å². The molecular formula is C13H24N2O2. The van der Waals surface area contributed by atoms with Crippen molar-refractivity contribution in [2.75, 3.05) is 33.3 Å². The maximum absolute atomic E-state index is 12.6. The molecule has 4 nitrogen and oxygen atoms in total. The molecule has 0 spiro atoms. The summed E-state index contributed by atoms with van der Waals surface area (Å²) in [5.74, 6) is 0.297. The summed E-state index contributed by atoms with van der Waals surface area (Å²) in [5.41, 5.74) is -0.359. The summed E-state index contributed by atoms with van der Waals surface area (Å²) in [6, 6.07) is 0. The van der Waals surface area contributed by atoms with Gasteiger partial charge in [0.2, 0.25) is 5.91 Å². The minimum atomic E-state index is -0.202. The van der Waals surface area contributed by atoms with E-state index < -0.39 is 0 Å². The molecule has 2 fully saturated rings. The van der Waals surface area contributed by atoms with Crippen LogP contribution in [0.1, 0.15) is 33.1 Å². The van der Waals surface area contributed by atoms with Gasteiger partial charge in [-0.3, -0.25) is 4.79 Å². The highest BCUT2D eigenvalue weighted by atomic mass is 16.5. The van der Waals surface area contributed by atoms with Crippen LogP contribution in [0, 0.1) is 5.41 Å². The number of ether oxygens (including phenoxy) is 1. The van der Waals surface area contributed by atoms with Crippen LogP contribution in [0.25, 0.3) is 0 Å². The van der Waals surface area contributed by atoms with Gasteiger partial charge in [-0.25, -0.2) is 0 Å². The van der Waals surface area contributed by atoms with Crippen LogP contribution in [-0.4, -0.2) is 49.7 Å². The second-order valence-corrected chi connectivity index (χ2v) is 5.97. The molecule has 0 aliphatic carbocycles. The summed E-state index contributed by atoms with van der Waals surface area (Å²) in [6.45, 7) is 7.56. The van der Waals surface area contributed by atoms with Gasteiger partial charge in [0, 0.05) is 26.7 Å². The Hall–Kier alpha value is -0.610. The van der Waals surface area contributed by atoms with E-state index >= 15 is 0 Å². The molecule has 1 amide bonds. The number of carbonyl (C=O) groups excluding carboxylic acids is 1. The first-order valence-electron chi connectivity index (χ1n) is 6.54. The average molecular weight is 240 g/mol. The number of rotatable bonds is 2.